The van der Waals surface area contributed by atoms with Crippen LogP contribution in [0.15, 0.2) is 91.3 Å². The second kappa shape index (κ2) is 9.69. The van der Waals surface area contributed by atoms with E-state index in [1.807, 2.05) is 54.6 Å². The van der Waals surface area contributed by atoms with Crippen molar-refractivity contribution in [2.24, 2.45) is 5.73 Å². The third-order valence-corrected chi connectivity index (χ3v) is 5.05. The predicted octanol–water partition coefficient (Wildman–Crippen LogP) is 2.33. The van der Waals surface area contributed by atoms with E-state index in [1.165, 1.54) is 4.68 Å². The highest BCUT2D eigenvalue weighted by Crippen LogP contribution is 2.19. The van der Waals surface area contributed by atoms with E-state index in [2.05, 4.69) is 15.4 Å². The molecule has 8 heteroatoms. The number of Topliss-reactive ketones (excluding diaryl/α,β-unsaturated/α-hetero) is 1. The number of benzene rings is 2. The van der Waals surface area contributed by atoms with Crippen LogP contribution >= 0.6 is 0 Å². The number of aromatic nitrogens is 3. The highest BCUT2D eigenvalue weighted by atomic mass is 16.2. The minimum Gasteiger partial charge on any atom is -0.363 e. The molecule has 2 amide bonds. The van der Waals surface area contributed by atoms with Gasteiger partial charge < -0.3 is 11.1 Å². The topological polar surface area (TPSA) is 120 Å². The number of pyridine rings is 1. The maximum atomic E-state index is 13.1. The normalized spacial score (nSPS) is 11.5. The number of amides is 2. The molecule has 1 atom stereocenters. The Morgan fingerprint density at radius 3 is 2.30 bits per heavy atom. The van der Waals surface area contributed by atoms with Crippen molar-refractivity contribution in [1.82, 2.24) is 20.1 Å². The zero-order valence-electron chi connectivity index (χ0n) is 17.6. The monoisotopic (exact) mass is 439 g/mol. The molecule has 3 N–H and O–H groups in total. The van der Waals surface area contributed by atoms with Gasteiger partial charge in [0.2, 0.25) is 5.78 Å². The molecule has 0 saturated carbocycles. The zero-order chi connectivity index (χ0) is 23.2. The van der Waals surface area contributed by atoms with Crippen LogP contribution in [0.5, 0.6) is 0 Å². The summed E-state index contributed by atoms with van der Waals surface area (Å²) in [5, 5.41) is 7.18. The van der Waals surface area contributed by atoms with Crippen LogP contribution in [0.4, 0.5) is 0 Å². The molecule has 0 fully saturated rings. The second-order valence-electron chi connectivity index (χ2n) is 7.33. The molecule has 2 aromatic heterocycles. The van der Waals surface area contributed by atoms with Crippen LogP contribution in [0.1, 0.15) is 15.9 Å². The Balaban J connectivity index is 1.61. The van der Waals surface area contributed by atoms with E-state index in [9.17, 15) is 14.4 Å². The Morgan fingerprint density at radius 1 is 0.909 bits per heavy atom. The van der Waals surface area contributed by atoms with Gasteiger partial charge in [0.05, 0.1) is 11.3 Å². The van der Waals surface area contributed by atoms with E-state index >= 15 is 0 Å². The highest BCUT2D eigenvalue weighted by Gasteiger charge is 2.27. The molecule has 8 nitrogen and oxygen atoms in total. The Hall–Kier alpha value is -4.59. The average Bonchev–Trinajstić information content (AvgIpc) is 3.34. The summed E-state index contributed by atoms with van der Waals surface area (Å²) in [5.74, 6) is -2.25. The van der Waals surface area contributed by atoms with Gasteiger partial charge in [-0.15, -0.1) is 0 Å². The van der Waals surface area contributed by atoms with Crippen molar-refractivity contribution in [3.8, 4) is 17.1 Å². The predicted molar refractivity (Wildman–Crippen MR) is 122 cm³/mol. The first-order valence-electron chi connectivity index (χ1n) is 10.3. The van der Waals surface area contributed by atoms with Crippen LogP contribution in [-0.2, 0) is 16.0 Å². The largest absolute Gasteiger partial charge is 0.363 e. The molecule has 4 aromatic rings. The minimum absolute atomic E-state index is 0.129. The summed E-state index contributed by atoms with van der Waals surface area (Å²) in [7, 11) is 0. The summed E-state index contributed by atoms with van der Waals surface area (Å²) in [5.41, 5.74) is 7.85. The van der Waals surface area contributed by atoms with Gasteiger partial charge in [-0.1, -0.05) is 60.7 Å². The van der Waals surface area contributed by atoms with Crippen LogP contribution in [0.2, 0.25) is 0 Å². The molecular weight excluding hydrogens is 418 g/mol. The molecule has 0 aliphatic carbocycles. The van der Waals surface area contributed by atoms with Crippen molar-refractivity contribution in [3.63, 3.8) is 0 Å². The fraction of sp³-hybridized carbons (Fsp3) is 0.0800. The number of carbonyl (C=O) groups is 3. The summed E-state index contributed by atoms with van der Waals surface area (Å²) in [6.45, 7) is 0. The van der Waals surface area contributed by atoms with Gasteiger partial charge in [0.15, 0.2) is 5.82 Å². The summed E-state index contributed by atoms with van der Waals surface area (Å²) >= 11 is 0. The molecule has 0 radical (unpaired) electrons. The lowest BCUT2D eigenvalue weighted by atomic mass is 10.0. The molecule has 0 aliphatic heterocycles. The van der Waals surface area contributed by atoms with E-state index in [1.54, 1.807) is 36.7 Å². The van der Waals surface area contributed by atoms with E-state index in [4.69, 9.17) is 5.73 Å². The second-order valence-corrected chi connectivity index (χ2v) is 7.33. The quantitative estimate of drug-likeness (QED) is 0.408. The number of ketones is 1. The maximum absolute atomic E-state index is 13.1. The van der Waals surface area contributed by atoms with Crippen LogP contribution < -0.4 is 11.1 Å². The Morgan fingerprint density at radius 2 is 1.61 bits per heavy atom. The number of nitrogens with zero attached hydrogens (tertiary/aromatic N) is 3. The van der Waals surface area contributed by atoms with Gasteiger partial charge in [-0.05, 0) is 23.8 Å². The lowest BCUT2D eigenvalue weighted by molar-refractivity contribution is -0.137. The first kappa shape index (κ1) is 21.6. The van der Waals surface area contributed by atoms with Crippen molar-refractivity contribution in [2.45, 2.75) is 12.5 Å². The number of rotatable bonds is 8. The highest BCUT2D eigenvalue weighted by molar-refractivity contribution is 6.38. The summed E-state index contributed by atoms with van der Waals surface area (Å²) in [6, 6.07) is 22.6. The van der Waals surface area contributed by atoms with E-state index < -0.39 is 23.6 Å². The lowest BCUT2D eigenvalue weighted by Crippen LogP contribution is -2.47. The number of carbonyl (C=O) groups excluding carboxylic acids is 3. The minimum atomic E-state index is -1.11. The number of nitrogens with two attached hydrogens (primary N) is 1. The van der Waals surface area contributed by atoms with Gasteiger partial charge >= 0.3 is 0 Å². The van der Waals surface area contributed by atoms with Crippen molar-refractivity contribution < 1.29 is 14.4 Å². The zero-order valence-corrected chi connectivity index (χ0v) is 17.6. The van der Waals surface area contributed by atoms with Gasteiger partial charge in [-0.25, -0.2) is 9.67 Å². The molecule has 2 aromatic carbocycles. The SMILES string of the molecule is NC(=O)C(=O)[C@@H](Cc1ccccc1)NC(=O)c1cccnc1-n1ccc(-c2ccccc2)n1. The maximum Gasteiger partial charge on any atom is 0.287 e. The lowest BCUT2D eigenvalue weighted by Gasteiger charge is -2.17. The van der Waals surface area contributed by atoms with Gasteiger partial charge in [0, 0.05) is 24.4 Å². The van der Waals surface area contributed by atoms with Gasteiger partial charge in [0.1, 0.15) is 6.04 Å². The molecular formula is C25H21N5O3. The number of hydrogen-bond donors (Lipinski definition) is 2. The molecule has 0 bridgehead atoms. The number of nitrogens with one attached hydrogen (secondary N) is 1. The van der Waals surface area contributed by atoms with Crippen LogP contribution in [0, 0.1) is 0 Å². The fourth-order valence-corrected chi connectivity index (χ4v) is 3.43. The third-order valence-electron chi connectivity index (χ3n) is 5.05. The van der Waals surface area contributed by atoms with E-state index in [0.29, 0.717) is 5.82 Å². The molecule has 164 valence electrons. The Labute approximate surface area is 190 Å². The van der Waals surface area contributed by atoms with Gasteiger partial charge in [-0.2, -0.15) is 5.10 Å². The van der Waals surface area contributed by atoms with E-state index in [-0.39, 0.29) is 12.0 Å². The Bertz CT molecular complexity index is 1290. The first-order chi connectivity index (χ1) is 16.0. The van der Waals surface area contributed by atoms with Crippen LogP contribution in [-0.4, -0.2) is 38.4 Å². The Kier molecular flexibility index (Phi) is 6.36. The molecule has 0 unspecified atom stereocenters. The van der Waals surface area contributed by atoms with Gasteiger partial charge in [-0.3, -0.25) is 14.4 Å². The molecule has 2 heterocycles. The molecule has 0 spiro atoms. The molecule has 33 heavy (non-hydrogen) atoms. The molecule has 4 rings (SSSR count). The van der Waals surface area contributed by atoms with Crippen molar-refractivity contribution in [1.29, 1.82) is 0 Å². The van der Waals surface area contributed by atoms with Crippen LogP contribution in [0.3, 0.4) is 0 Å². The standard InChI is InChI=1S/C25H21N5O3/c26-23(32)22(31)21(16-17-8-3-1-4-9-17)28-25(33)19-12-7-14-27-24(19)30-15-13-20(29-30)18-10-5-2-6-11-18/h1-15,21H,16H2,(H2,26,32)(H,28,33)/t21-/m1/s1. The molecule has 0 aliphatic rings. The third kappa shape index (κ3) is 5.01. The van der Waals surface area contributed by atoms with Crippen LogP contribution in [0.25, 0.3) is 17.1 Å². The number of primary amides is 1. The summed E-state index contributed by atoms with van der Waals surface area (Å²) in [4.78, 5) is 41.4. The first-order valence-corrected chi connectivity index (χ1v) is 10.3. The fourth-order valence-electron chi connectivity index (χ4n) is 3.43. The summed E-state index contributed by atoms with van der Waals surface area (Å²) < 4.78 is 1.50. The average molecular weight is 439 g/mol. The van der Waals surface area contributed by atoms with Crippen molar-refractivity contribution in [3.05, 3.63) is 102 Å². The van der Waals surface area contributed by atoms with E-state index in [0.717, 1.165) is 16.8 Å². The number of hydrogen-bond acceptors (Lipinski definition) is 5. The van der Waals surface area contributed by atoms with Crippen molar-refractivity contribution in [2.75, 3.05) is 0 Å². The van der Waals surface area contributed by atoms with Gasteiger partial charge in [0.25, 0.3) is 11.8 Å². The molecule has 0 saturated heterocycles. The smallest absolute Gasteiger partial charge is 0.287 e. The summed E-state index contributed by atoms with van der Waals surface area (Å²) in [6.07, 6.45) is 3.38. The van der Waals surface area contributed by atoms with Crippen molar-refractivity contribution >= 4 is 17.6 Å².